The third kappa shape index (κ3) is 2.72. The molecule has 0 radical (unpaired) electrons. The van der Waals surface area contributed by atoms with Crippen LogP contribution in [-0.4, -0.2) is 12.9 Å². The quantitative estimate of drug-likeness (QED) is 0.811. The van der Waals surface area contributed by atoms with Gasteiger partial charge in [-0.1, -0.05) is 24.3 Å². The monoisotopic (exact) mass is 333 g/mol. The van der Waals surface area contributed by atoms with Gasteiger partial charge in [-0.3, -0.25) is 4.99 Å². The molecule has 24 heavy (non-hydrogen) atoms. The molecule has 0 saturated carbocycles. The lowest BCUT2D eigenvalue weighted by Crippen LogP contribution is -2.40. The smallest absolute Gasteiger partial charge is 0.361 e. The highest BCUT2D eigenvalue weighted by molar-refractivity contribution is 6.05. The van der Waals surface area contributed by atoms with E-state index in [4.69, 9.17) is 0 Å². The van der Waals surface area contributed by atoms with E-state index in [9.17, 15) is 13.2 Å². The molecule has 2 aromatic carbocycles. The molecule has 2 N–H and O–H groups in total. The van der Waals surface area contributed by atoms with E-state index in [0.29, 0.717) is 11.4 Å². The van der Waals surface area contributed by atoms with Crippen molar-refractivity contribution in [3.05, 3.63) is 64.2 Å². The molecule has 0 fully saturated rings. The van der Waals surface area contributed by atoms with Gasteiger partial charge in [0.05, 0.1) is 5.56 Å². The zero-order valence-corrected chi connectivity index (χ0v) is 13.6. The second-order valence-corrected chi connectivity index (χ2v) is 5.81. The topological polar surface area (TPSA) is 36.4 Å². The fourth-order valence-corrected chi connectivity index (χ4v) is 3.02. The SMILES string of the molecule is CN=C1NC(c2ccc(C)c(C)c2C(F)(F)F)Nc2ccccc21. The number of para-hydroxylation sites is 1. The number of hydrogen-bond acceptors (Lipinski definition) is 2. The van der Waals surface area contributed by atoms with E-state index < -0.39 is 17.9 Å². The molecular formula is C18H18F3N3. The summed E-state index contributed by atoms with van der Waals surface area (Å²) in [5.41, 5.74) is 2.04. The molecule has 2 aromatic rings. The van der Waals surface area contributed by atoms with Gasteiger partial charge < -0.3 is 10.6 Å². The predicted octanol–water partition coefficient (Wildman–Crippen LogP) is 4.41. The highest BCUT2D eigenvalue weighted by Gasteiger charge is 2.38. The van der Waals surface area contributed by atoms with Crippen molar-refractivity contribution in [1.82, 2.24) is 5.32 Å². The minimum Gasteiger partial charge on any atom is -0.361 e. The van der Waals surface area contributed by atoms with Crippen LogP contribution >= 0.6 is 0 Å². The van der Waals surface area contributed by atoms with E-state index in [1.54, 1.807) is 20.0 Å². The number of nitrogens with zero attached hydrogens (tertiary/aromatic N) is 1. The molecule has 1 heterocycles. The Balaban J connectivity index is 2.13. The van der Waals surface area contributed by atoms with Crippen LogP contribution < -0.4 is 10.6 Å². The molecule has 126 valence electrons. The predicted molar refractivity (Wildman–Crippen MR) is 89.3 cm³/mol. The summed E-state index contributed by atoms with van der Waals surface area (Å²) >= 11 is 0. The molecule has 1 atom stereocenters. The first-order valence-corrected chi connectivity index (χ1v) is 7.59. The lowest BCUT2D eigenvalue weighted by Gasteiger charge is -2.32. The summed E-state index contributed by atoms with van der Waals surface area (Å²) in [5, 5.41) is 6.22. The number of anilines is 1. The minimum atomic E-state index is -4.42. The first-order valence-electron chi connectivity index (χ1n) is 7.59. The summed E-state index contributed by atoms with van der Waals surface area (Å²) in [6, 6.07) is 10.7. The lowest BCUT2D eigenvalue weighted by molar-refractivity contribution is -0.138. The van der Waals surface area contributed by atoms with Crippen molar-refractivity contribution in [3.8, 4) is 0 Å². The first-order chi connectivity index (χ1) is 11.3. The van der Waals surface area contributed by atoms with Crippen LogP contribution in [0.1, 0.15) is 34.0 Å². The van der Waals surface area contributed by atoms with E-state index in [0.717, 1.165) is 11.3 Å². The number of aliphatic imine (C=N–C) groups is 1. The van der Waals surface area contributed by atoms with Crippen molar-refractivity contribution < 1.29 is 13.2 Å². The Morgan fingerprint density at radius 3 is 2.38 bits per heavy atom. The second-order valence-electron chi connectivity index (χ2n) is 5.81. The molecule has 3 rings (SSSR count). The minimum absolute atomic E-state index is 0.168. The summed E-state index contributed by atoms with van der Waals surface area (Å²) < 4.78 is 40.9. The summed E-state index contributed by atoms with van der Waals surface area (Å²) in [7, 11) is 1.62. The summed E-state index contributed by atoms with van der Waals surface area (Å²) in [6.45, 7) is 3.19. The molecule has 0 amide bonds. The van der Waals surface area contributed by atoms with Gasteiger partial charge in [-0.05, 0) is 37.1 Å². The van der Waals surface area contributed by atoms with Crippen molar-refractivity contribution in [2.75, 3.05) is 12.4 Å². The number of alkyl halides is 3. The molecule has 3 nitrogen and oxygen atoms in total. The standard InChI is InChI=1S/C18H18F3N3/c1-10-8-9-13(15(11(10)2)18(19,20)21)17-23-14-7-5-4-6-12(14)16(22-3)24-17/h4-9,17,23H,1-3H3,(H,22,24). The highest BCUT2D eigenvalue weighted by Crippen LogP contribution is 2.39. The van der Waals surface area contributed by atoms with E-state index in [-0.39, 0.29) is 11.1 Å². The average molecular weight is 333 g/mol. The molecule has 1 unspecified atom stereocenters. The maximum absolute atomic E-state index is 13.6. The number of halogens is 3. The number of benzene rings is 2. The van der Waals surface area contributed by atoms with Gasteiger partial charge in [-0.2, -0.15) is 13.2 Å². The van der Waals surface area contributed by atoms with Gasteiger partial charge in [0.1, 0.15) is 12.0 Å². The van der Waals surface area contributed by atoms with Crippen molar-refractivity contribution in [1.29, 1.82) is 0 Å². The number of rotatable bonds is 1. The molecule has 6 heteroatoms. The maximum atomic E-state index is 13.6. The fourth-order valence-electron chi connectivity index (χ4n) is 3.02. The van der Waals surface area contributed by atoms with Crippen molar-refractivity contribution in [2.45, 2.75) is 26.2 Å². The van der Waals surface area contributed by atoms with E-state index in [1.807, 2.05) is 24.3 Å². The molecule has 0 bridgehead atoms. The van der Waals surface area contributed by atoms with Crippen LogP contribution in [0.2, 0.25) is 0 Å². The zero-order valence-electron chi connectivity index (χ0n) is 13.6. The van der Waals surface area contributed by atoms with Gasteiger partial charge in [0, 0.05) is 23.9 Å². The van der Waals surface area contributed by atoms with Gasteiger partial charge in [0.25, 0.3) is 0 Å². The number of nitrogens with one attached hydrogen (secondary N) is 2. The number of fused-ring (bicyclic) bond motifs is 1. The van der Waals surface area contributed by atoms with Crippen molar-refractivity contribution in [2.24, 2.45) is 4.99 Å². The number of aryl methyl sites for hydroxylation is 1. The summed E-state index contributed by atoms with van der Waals surface area (Å²) in [4.78, 5) is 4.18. The van der Waals surface area contributed by atoms with Crippen LogP contribution in [0.15, 0.2) is 41.4 Å². The Bertz CT molecular complexity index is 810. The Hall–Kier alpha value is -2.50. The lowest BCUT2D eigenvalue weighted by atomic mass is 9.94. The molecule has 1 aliphatic heterocycles. The van der Waals surface area contributed by atoms with Crippen molar-refractivity contribution in [3.63, 3.8) is 0 Å². The Morgan fingerprint density at radius 1 is 1.00 bits per heavy atom. The fraction of sp³-hybridized carbons (Fsp3) is 0.278. The van der Waals surface area contributed by atoms with Gasteiger partial charge >= 0.3 is 6.18 Å². The third-order valence-electron chi connectivity index (χ3n) is 4.35. The van der Waals surface area contributed by atoms with Gasteiger partial charge in [0.2, 0.25) is 0 Å². The van der Waals surface area contributed by atoms with E-state index in [2.05, 4.69) is 15.6 Å². The first kappa shape index (κ1) is 16.4. The Morgan fingerprint density at radius 2 is 1.71 bits per heavy atom. The normalized spacial score (nSPS) is 18.8. The molecule has 0 saturated heterocycles. The maximum Gasteiger partial charge on any atom is 0.417 e. The average Bonchev–Trinajstić information content (AvgIpc) is 2.54. The van der Waals surface area contributed by atoms with E-state index >= 15 is 0 Å². The van der Waals surface area contributed by atoms with Crippen LogP contribution in [0.4, 0.5) is 18.9 Å². The van der Waals surface area contributed by atoms with E-state index in [1.165, 1.54) is 13.0 Å². The van der Waals surface area contributed by atoms with Crippen LogP contribution in [0.5, 0.6) is 0 Å². The second kappa shape index (κ2) is 5.85. The molecule has 0 spiro atoms. The number of hydrogen-bond donors (Lipinski definition) is 2. The third-order valence-corrected chi connectivity index (χ3v) is 4.35. The van der Waals surface area contributed by atoms with Crippen LogP contribution in [0, 0.1) is 13.8 Å². The zero-order chi connectivity index (χ0) is 17.5. The molecular weight excluding hydrogens is 315 g/mol. The van der Waals surface area contributed by atoms with Crippen molar-refractivity contribution >= 4 is 11.5 Å². The Kier molecular flexibility index (Phi) is 3.99. The largest absolute Gasteiger partial charge is 0.417 e. The van der Waals surface area contributed by atoms with Gasteiger partial charge in [0.15, 0.2) is 0 Å². The van der Waals surface area contributed by atoms with Crippen LogP contribution in [0.3, 0.4) is 0 Å². The molecule has 0 aliphatic carbocycles. The Labute approximate surface area is 138 Å². The van der Waals surface area contributed by atoms with Crippen LogP contribution in [-0.2, 0) is 6.18 Å². The van der Waals surface area contributed by atoms with Gasteiger partial charge in [-0.25, -0.2) is 0 Å². The number of amidine groups is 1. The van der Waals surface area contributed by atoms with Crippen LogP contribution in [0.25, 0.3) is 0 Å². The highest BCUT2D eigenvalue weighted by atomic mass is 19.4. The molecule has 0 aromatic heterocycles. The van der Waals surface area contributed by atoms with Gasteiger partial charge in [-0.15, -0.1) is 0 Å². The molecule has 1 aliphatic rings. The summed E-state index contributed by atoms with van der Waals surface area (Å²) in [5.74, 6) is 0.570. The summed E-state index contributed by atoms with van der Waals surface area (Å²) in [6.07, 6.45) is -5.12.